The van der Waals surface area contributed by atoms with Crippen LogP contribution in [-0.4, -0.2) is 39.8 Å². The molecule has 6 nitrogen and oxygen atoms in total. The van der Waals surface area contributed by atoms with Gasteiger partial charge in [0.25, 0.3) is 0 Å². The second kappa shape index (κ2) is 7.03. The van der Waals surface area contributed by atoms with Gasteiger partial charge < -0.3 is 16.0 Å². The number of nitrogens with zero attached hydrogens (tertiary/aromatic N) is 3. The minimum Gasteiger partial charge on any atom is -0.382 e. The molecule has 0 atom stereocenters. The number of carbonyl (C=O) groups excluding carboxylic acids is 1. The van der Waals surface area contributed by atoms with Gasteiger partial charge in [-0.25, -0.2) is 0 Å². The Morgan fingerprint density at radius 1 is 1.33 bits per heavy atom. The van der Waals surface area contributed by atoms with Crippen LogP contribution in [0.25, 0.3) is 11.1 Å². The third-order valence-corrected chi connectivity index (χ3v) is 4.02. The molecule has 2 aromatic heterocycles. The van der Waals surface area contributed by atoms with Crippen molar-refractivity contribution in [2.45, 2.75) is 13.8 Å². The van der Waals surface area contributed by atoms with Crippen molar-refractivity contribution in [3.8, 4) is 11.1 Å². The van der Waals surface area contributed by atoms with Gasteiger partial charge in [-0.2, -0.15) is 4.37 Å². The average Bonchev–Trinajstić information content (AvgIpc) is 2.88. The molecule has 0 aromatic carbocycles. The summed E-state index contributed by atoms with van der Waals surface area (Å²) in [7, 11) is 0. The molecule has 2 aromatic rings. The van der Waals surface area contributed by atoms with Gasteiger partial charge in [-0.3, -0.25) is 9.78 Å². The normalized spacial score (nSPS) is 10.4. The minimum atomic E-state index is 0.0626. The van der Waals surface area contributed by atoms with Crippen molar-refractivity contribution in [2.75, 3.05) is 30.7 Å². The first-order chi connectivity index (χ1) is 10.2. The van der Waals surface area contributed by atoms with Crippen molar-refractivity contribution in [1.29, 1.82) is 0 Å². The summed E-state index contributed by atoms with van der Waals surface area (Å²) < 4.78 is 4.17. The zero-order chi connectivity index (χ0) is 15.2. The third-order valence-electron chi connectivity index (χ3n) is 3.20. The quantitative estimate of drug-likeness (QED) is 0.853. The number of anilines is 2. The first-order valence-electron chi connectivity index (χ1n) is 6.84. The number of aromatic nitrogens is 2. The fourth-order valence-corrected chi connectivity index (χ4v) is 2.80. The Bertz CT molecular complexity index is 595. The maximum absolute atomic E-state index is 12.0. The van der Waals surface area contributed by atoms with E-state index in [2.05, 4.69) is 14.7 Å². The SMILES string of the molecule is CCN(CC)C(=O)CNc1snc(N)c1-c1ccncc1. The molecule has 0 saturated carbocycles. The Morgan fingerprint density at radius 2 is 2.00 bits per heavy atom. The number of rotatable bonds is 6. The van der Waals surface area contributed by atoms with E-state index < -0.39 is 0 Å². The predicted octanol–water partition coefficient (Wildman–Crippen LogP) is 2.07. The van der Waals surface area contributed by atoms with E-state index in [-0.39, 0.29) is 12.5 Å². The van der Waals surface area contributed by atoms with Crippen LogP contribution in [0.3, 0.4) is 0 Å². The molecule has 0 radical (unpaired) electrons. The van der Waals surface area contributed by atoms with Crippen LogP contribution in [0.5, 0.6) is 0 Å². The molecule has 0 fully saturated rings. The first-order valence-corrected chi connectivity index (χ1v) is 7.61. The molecule has 3 N–H and O–H groups in total. The summed E-state index contributed by atoms with van der Waals surface area (Å²) in [5.74, 6) is 0.525. The lowest BCUT2D eigenvalue weighted by atomic mass is 10.1. The maximum Gasteiger partial charge on any atom is 0.241 e. The summed E-state index contributed by atoms with van der Waals surface area (Å²) in [4.78, 5) is 17.8. The van der Waals surface area contributed by atoms with E-state index in [1.807, 2.05) is 26.0 Å². The molecule has 112 valence electrons. The highest BCUT2D eigenvalue weighted by Gasteiger charge is 2.15. The van der Waals surface area contributed by atoms with E-state index in [0.717, 1.165) is 16.1 Å². The lowest BCUT2D eigenvalue weighted by Gasteiger charge is -2.18. The first kappa shape index (κ1) is 15.2. The summed E-state index contributed by atoms with van der Waals surface area (Å²) in [6.45, 7) is 5.59. The van der Waals surface area contributed by atoms with Gasteiger partial charge in [0.15, 0.2) is 0 Å². The maximum atomic E-state index is 12.0. The minimum absolute atomic E-state index is 0.0626. The van der Waals surface area contributed by atoms with Crippen molar-refractivity contribution in [1.82, 2.24) is 14.3 Å². The summed E-state index contributed by atoms with van der Waals surface area (Å²) >= 11 is 1.26. The van der Waals surface area contributed by atoms with Gasteiger partial charge in [0.1, 0.15) is 10.8 Å². The van der Waals surface area contributed by atoms with E-state index in [1.54, 1.807) is 17.3 Å². The van der Waals surface area contributed by atoms with Crippen LogP contribution in [0, 0.1) is 0 Å². The van der Waals surface area contributed by atoms with E-state index in [1.165, 1.54) is 11.5 Å². The Kier molecular flexibility index (Phi) is 5.10. The Morgan fingerprint density at radius 3 is 2.62 bits per heavy atom. The molecule has 0 saturated heterocycles. The van der Waals surface area contributed by atoms with Crippen LogP contribution in [0.4, 0.5) is 10.8 Å². The molecule has 0 aliphatic heterocycles. The van der Waals surface area contributed by atoms with Crippen LogP contribution in [0.1, 0.15) is 13.8 Å². The zero-order valence-electron chi connectivity index (χ0n) is 12.2. The fourth-order valence-electron chi connectivity index (χ4n) is 2.06. The fraction of sp³-hybridized carbons (Fsp3) is 0.357. The molecule has 2 rings (SSSR count). The van der Waals surface area contributed by atoms with Crippen LogP contribution in [0.2, 0.25) is 0 Å². The van der Waals surface area contributed by atoms with E-state index >= 15 is 0 Å². The monoisotopic (exact) mass is 305 g/mol. The lowest BCUT2D eigenvalue weighted by Crippen LogP contribution is -2.35. The van der Waals surface area contributed by atoms with E-state index in [4.69, 9.17) is 5.73 Å². The molecule has 1 amide bonds. The molecule has 21 heavy (non-hydrogen) atoms. The number of hydrogen-bond donors (Lipinski definition) is 2. The van der Waals surface area contributed by atoms with Gasteiger partial charge in [-0.05, 0) is 43.1 Å². The van der Waals surface area contributed by atoms with Crippen molar-refractivity contribution in [3.05, 3.63) is 24.5 Å². The number of amides is 1. The van der Waals surface area contributed by atoms with Crippen molar-refractivity contribution >= 4 is 28.3 Å². The van der Waals surface area contributed by atoms with Crippen LogP contribution in [-0.2, 0) is 4.79 Å². The number of nitrogens with one attached hydrogen (secondary N) is 1. The van der Waals surface area contributed by atoms with Crippen molar-refractivity contribution in [3.63, 3.8) is 0 Å². The standard InChI is InChI=1S/C14H19N5OS/c1-3-19(4-2)11(20)9-17-14-12(13(15)18-21-14)10-5-7-16-8-6-10/h5-8,17H,3-4,9H2,1-2H3,(H2,15,18). The molecule has 0 aliphatic carbocycles. The van der Waals surface area contributed by atoms with Gasteiger partial charge >= 0.3 is 0 Å². The van der Waals surface area contributed by atoms with Gasteiger partial charge in [0.05, 0.1) is 12.1 Å². The highest BCUT2D eigenvalue weighted by molar-refractivity contribution is 7.11. The van der Waals surface area contributed by atoms with Crippen LogP contribution >= 0.6 is 11.5 Å². The van der Waals surface area contributed by atoms with E-state index in [0.29, 0.717) is 18.9 Å². The summed E-state index contributed by atoms with van der Waals surface area (Å²) in [5, 5.41) is 3.95. The Balaban J connectivity index is 2.14. The summed E-state index contributed by atoms with van der Waals surface area (Å²) in [6.07, 6.45) is 3.41. The van der Waals surface area contributed by atoms with Gasteiger partial charge in [-0.15, -0.1) is 0 Å². The van der Waals surface area contributed by atoms with Gasteiger partial charge in [0.2, 0.25) is 5.91 Å². The molecule has 7 heteroatoms. The smallest absolute Gasteiger partial charge is 0.241 e. The number of likely N-dealkylation sites (N-methyl/N-ethyl adjacent to an activating group) is 1. The largest absolute Gasteiger partial charge is 0.382 e. The molecule has 0 spiro atoms. The second-order valence-electron chi connectivity index (χ2n) is 4.43. The zero-order valence-corrected chi connectivity index (χ0v) is 13.0. The number of nitrogen functional groups attached to an aromatic ring is 1. The number of pyridine rings is 1. The van der Waals surface area contributed by atoms with Gasteiger partial charge in [0, 0.05) is 25.5 Å². The average molecular weight is 305 g/mol. The molecule has 0 unspecified atom stereocenters. The molecule has 0 bridgehead atoms. The van der Waals surface area contributed by atoms with Crippen molar-refractivity contribution < 1.29 is 4.79 Å². The number of nitrogens with two attached hydrogens (primary N) is 1. The Hall–Kier alpha value is -2.15. The number of hydrogen-bond acceptors (Lipinski definition) is 6. The third kappa shape index (κ3) is 3.49. The molecule has 0 aliphatic rings. The summed E-state index contributed by atoms with van der Waals surface area (Å²) in [5.41, 5.74) is 7.70. The summed E-state index contributed by atoms with van der Waals surface area (Å²) in [6, 6.07) is 3.75. The lowest BCUT2D eigenvalue weighted by molar-refractivity contribution is -0.128. The van der Waals surface area contributed by atoms with Gasteiger partial charge in [-0.1, -0.05) is 0 Å². The van der Waals surface area contributed by atoms with Crippen LogP contribution < -0.4 is 11.1 Å². The molecule has 2 heterocycles. The van der Waals surface area contributed by atoms with E-state index in [9.17, 15) is 4.79 Å². The highest BCUT2D eigenvalue weighted by atomic mass is 32.1. The topological polar surface area (TPSA) is 84.1 Å². The molecular formula is C14H19N5OS. The molecular weight excluding hydrogens is 286 g/mol. The predicted molar refractivity (Wildman–Crippen MR) is 86.2 cm³/mol. The Labute approximate surface area is 128 Å². The van der Waals surface area contributed by atoms with Crippen LogP contribution in [0.15, 0.2) is 24.5 Å². The highest BCUT2D eigenvalue weighted by Crippen LogP contribution is 2.36. The second-order valence-corrected chi connectivity index (χ2v) is 5.20. The van der Waals surface area contributed by atoms with Crippen molar-refractivity contribution in [2.24, 2.45) is 0 Å². The number of carbonyl (C=O) groups is 1.